The molecule has 218 valence electrons. The molecule has 6 N–H and O–H groups in total. The van der Waals surface area contributed by atoms with Crippen LogP contribution in [0.4, 0.5) is 0 Å². The molecule has 1 aliphatic rings. The van der Waals surface area contributed by atoms with Crippen LogP contribution in [0.3, 0.4) is 0 Å². The molecule has 0 aliphatic carbocycles. The number of rotatable bonds is 18. The van der Waals surface area contributed by atoms with Crippen molar-refractivity contribution in [3.8, 4) is 0 Å². The van der Waals surface area contributed by atoms with Gasteiger partial charge < -0.3 is 49.7 Å². The Kier molecular flexibility index (Phi) is 38.2. The van der Waals surface area contributed by atoms with E-state index >= 15 is 0 Å². The summed E-state index contributed by atoms with van der Waals surface area (Å²) < 4.78 is 13.6. The number of carboxylic acids is 1. The molecule has 1 saturated heterocycles. The topological polar surface area (TPSA) is 211 Å². The average molecular weight is 591 g/mol. The Balaban J connectivity index is -0.000000269. The van der Waals surface area contributed by atoms with Gasteiger partial charge in [0.25, 0.3) is 7.82 Å². The van der Waals surface area contributed by atoms with E-state index in [0.29, 0.717) is 0 Å². The van der Waals surface area contributed by atoms with Crippen LogP contribution >= 0.6 is 7.82 Å². The van der Waals surface area contributed by atoms with Gasteiger partial charge in [-0.2, -0.15) is 0 Å². The van der Waals surface area contributed by atoms with E-state index in [1.54, 1.807) is 0 Å². The maximum Gasteiger partial charge on any atom is 1.00 e. The summed E-state index contributed by atoms with van der Waals surface area (Å²) >= 11 is 0. The summed E-state index contributed by atoms with van der Waals surface area (Å²) in [5.41, 5.74) is 0. The normalized spacial score (nSPS) is 19.1. The summed E-state index contributed by atoms with van der Waals surface area (Å²) in [5, 5.41) is 45.8. The Hall–Kier alpha value is 1.38. The molecule has 0 bridgehead atoms. The van der Waals surface area contributed by atoms with Crippen LogP contribution in [0, 0.1) is 0 Å². The van der Waals surface area contributed by atoms with Crippen molar-refractivity contribution in [1.29, 1.82) is 0 Å². The van der Waals surface area contributed by atoms with Crippen molar-refractivity contribution in [2.45, 2.75) is 134 Å². The fourth-order valence-corrected chi connectivity index (χ4v) is 3.71. The largest absolute Gasteiger partial charge is 1.00 e. The van der Waals surface area contributed by atoms with Gasteiger partial charge in [-0.05, 0) is 12.8 Å². The number of hydrogen-bond donors (Lipinski definition) is 6. The quantitative estimate of drug-likeness (QED) is 0.0505. The van der Waals surface area contributed by atoms with Crippen LogP contribution < -0.4 is 69.1 Å². The number of phosphoric acid groups is 1. The van der Waals surface area contributed by atoms with Gasteiger partial charge in [-0.15, -0.1) is 0 Å². The van der Waals surface area contributed by atoms with E-state index < -0.39 is 44.8 Å². The van der Waals surface area contributed by atoms with E-state index in [9.17, 15) is 9.90 Å². The molecule has 1 rings (SSSR count). The molecule has 0 unspecified atom stereocenters. The standard InChI is InChI=1S/C18H36O2.C6H12O5.2Na.H3O4P/c1-2-3-4-5-6-7-8-9-10-11-12-13-14-15-16-17-18(19)20;7-1-3(8)6-5(10)4(9)2-11-6;;;1-5(2,3)4/h2-17H2,1H3,(H,19,20);3-10H,1-2H2;;;(H3,1,2,3,4)/q;;2*+1;/p-2/t;3-,4+,5-,6-;;;/m.1.../s1. The van der Waals surface area contributed by atoms with E-state index in [2.05, 4.69) is 6.92 Å². The van der Waals surface area contributed by atoms with Crippen molar-refractivity contribution >= 4 is 13.8 Å². The molecular weight excluding hydrogens is 541 g/mol. The van der Waals surface area contributed by atoms with Crippen LogP contribution in [0.1, 0.15) is 110 Å². The first-order chi connectivity index (χ1) is 16.9. The third-order valence-corrected chi connectivity index (χ3v) is 5.74. The number of ether oxygens (including phenoxy) is 1. The SMILES string of the molecule is CCCCCCCCCCCCCCCCCC(=O)[O-].O=P([O-])(O)O.OC[C@@H](O)[C@H]1OC[C@H](O)[C@H]1O.[Na+].[Na+]. The fourth-order valence-electron chi connectivity index (χ4n) is 3.71. The number of aliphatic hydroxyl groups excluding tert-OH is 4. The summed E-state index contributed by atoms with van der Waals surface area (Å²) in [6.07, 6.45) is 15.8. The Morgan fingerprint density at radius 2 is 1.21 bits per heavy atom. The molecule has 0 saturated carbocycles. The summed E-state index contributed by atoms with van der Waals surface area (Å²) in [4.78, 5) is 33.1. The average Bonchev–Trinajstić information content (AvgIpc) is 3.13. The molecule has 0 aromatic heterocycles. The van der Waals surface area contributed by atoms with Gasteiger partial charge >= 0.3 is 59.1 Å². The summed E-state index contributed by atoms with van der Waals surface area (Å²) in [7, 11) is -4.89. The van der Waals surface area contributed by atoms with Gasteiger partial charge in [0, 0.05) is 5.97 Å². The van der Waals surface area contributed by atoms with Gasteiger partial charge in [0.1, 0.15) is 24.4 Å². The molecule has 0 amide bonds. The fraction of sp³-hybridized carbons (Fsp3) is 0.958. The molecule has 38 heavy (non-hydrogen) atoms. The minimum absolute atomic E-state index is 0. The number of unbranched alkanes of at least 4 members (excludes halogenated alkanes) is 14. The Bertz CT molecular complexity index is 547. The van der Waals surface area contributed by atoms with Crippen molar-refractivity contribution in [3.63, 3.8) is 0 Å². The van der Waals surface area contributed by atoms with Gasteiger partial charge in [-0.25, -0.2) is 0 Å². The van der Waals surface area contributed by atoms with Crippen LogP contribution in [0.15, 0.2) is 0 Å². The van der Waals surface area contributed by atoms with Crippen LogP contribution in [0.5, 0.6) is 0 Å². The van der Waals surface area contributed by atoms with Crippen molar-refractivity contribution in [2.75, 3.05) is 13.2 Å². The number of hydrogen-bond acceptors (Lipinski definition) is 9. The molecule has 4 atom stereocenters. The molecule has 1 fully saturated rings. The first-order valence-corrected chi connectivity index (χ1v) is 14.7. The minimum atomic E-state index is -4.89. The molecule has 0 aromatic rings. The second-order valence-corrected chi connectivity index (χ2v) is 10.1. The van der Waals surface area contributed by atoms with Crippen LogP contribution in [0.2, 0.25) is 0 Å². The predicted molar refractivity (Wildman–Crippen MR) is 131 cm³/mol. The third kappa shape index (κ3) is 35.4. The Labute approximate surface area is 272 Å². The molecule has 11 nitrogen and oxygen atoms in total. The Morgan fingerprint density at radius 1 is 0.868 bits per heavy atom. The van der Waals surface area contributed by atoms with E-state index in [1.807, 2.05) is 0 Å². The van der Waals surface area contributed by atoms with E-state index in [1.165, 1.54) is 83.5 Å². The number of carboxylic acid groups (broad SMARTS) is 1. The minimum Gasteiger partial charge on any atom is -0.756 e. The monoisotopic (exact) mass is 590 g/mol. The maximum atomic E-state index is 10.2. The molecule has 14 heteroatoms. The first-order valence-electron chi connectivity index (χ1n) is 13.2. The molecule has 0 spiro atoms. The smallest absolute Gasteiger partial charge is 0.756 e. The van der Waals surface area contributed by atoms with Gasteiger partial charge in [0.15, 0.2) is 0 Å². The van der Waals surface area contributed by atoms with Gasteiger partial charge in [-0.3, -0.25) is 4.57 Å². The maximum absolute atomic E-state index is 10.2. The van der Waals surface area contributed by atoms with E-state index in [-0.39, 0.29) is 72.1 Å². The first kappa shape index (κ1) is 46.3. The zero-order chi connectivity index (χ0) is 27.8. The molecule has 1 aliphatic heterocycles. The van der Waals surface area contributed by atoms with Crippen LogP contribution in [-0.2, 0) is 14.1 Å². The molecular formula is C24H49Na2O11P. The van der Waals surface area contributed by atoms with Crippen LogP contribution in [-0.4, -0.2) is 73.8 Å². The molecule has 0 radical (unpaired) electrons. The summed E-state index contributed by atoms with van der Waals surface area (Å²) in [6.45, 7) is 1.79. The number of carbonyl (C=O) groups excluding carboxylic acids is 1. The predicted octanol–water partition coefficient (Wildman–Crippen LogP) is -5.09. The van der Waals surface area contributed by atoms with E-state index in [0.717, 1.165) is 12.8 Å². The van der Waals surface area contributed by atoms with Gasteiger partial charge in [0.2, 0.25) is 0 Å². The second kappa shape index (κ2) is 31.3. The van der Waals surface area contributed by atoms with Crippen molar-refractivity contribution in [3.05, 3.63) is 0 Å². The van der Waals surface area contributed by atoms with E-state index in [4.69, 9.17) is 44.4 Å². The second-order valence-electron chi connectivity index (χ2n) is 9.17. The van der Waals surface area contributed by atoms with Crippen LogP contribution in [0.25, 0.3) is 0 Å². The summed E-state index contributed by atoms with van der Waals surface area (Å²) in [5.74, 6) is -0.903. The zero-order valence-electron chi connectivity index (χ0n) is 23.7. The third-order valence-electron chi connectivity index (χ3n) is 5.74. The van der Waals surface area contributed by atoms with Crippen molar-refractivity contribution in [2.24, 2.45) is 0 Å². The number of carbonyl (C=O) groups is 1. The van der Waals surface area contributed by atoms with Gasteiger partial charge in [-0.1, -0.05) is 96.8 Å². The number of aliphatic carboxylic acids is 1. The van der Waals surface area contributed by atoms with Gasteiger partial charge in [0.05, 0.1) is 13.2 Å². The molecule has 0 aromatic carbocycles. The van der Waals surface area contributed by atoms with Crippen molar-refractivity contribution in [1.82, 2.24) is 0 Å². The van der Waals surface area contributed by atoms with Crippen molar-refractivity contribution < 1.29 is 113 Å². The Morgan fingerprint density at radius 3 is 1.47 bits per heavy atom. The zero-order valence-corrected chi connectivity index (χ0v) is 28.6. The summed E-state index contributed by atoms with van der Waals surface area (Å²) in [6, 6.07) is 0. The molecule has 1 heterocycles. The number of aliphatic hydroxyl groups is 4.